The number of anilines is 1. The summed E-state index contributed by atoms with van der Waals surface area (Å²) in [5.74, 6) is -1.31. The van der Waals surface area contributed by atoms with Crippen LogP contribution in [0.5, 0.6) is 0 Å². The van der Waals surface area contributed by atoms with E-state index in [1.54, 1.807) is 18.2 Å². The lowest BCUT2D eigenvalue weighted by Gasteiger charge is -2.07. The number of aryl methyl sites for hydroxylation is 1. The number of benzene rings is 1. The number of hydrogen-bond donors (Lipinski definition) is 2. The largest absolute Gasteiger partial charge is 0.478 e. The quantitative estimate of drug-likeness (QED) is 0.795. The molecule has 0 aliphatic rings. The van der Waals surface area contributed by atoms with Crippen LogP contribution in [0.4, 0.5) is 5.69 Å². The summed E-state index contributed by atoms with van der Waals surface area (Å²) in [7, 11) is 0. The Bertz CT molecular complexity index is 399. The molecule has 15 heavy (non-hydrogen) atoms. The Hall–Kier alpha value is -1.84. The molecule has 0 unspecified atom stereocenters. The average molecular weight is 207 g/mol. The zero-order chi connectivity index (χ0) is 11.4. The molecule has 0 fully saturated rings. The number of amides is 1. The second kappa shape index (κ2) is 4.59. The summed E-state index contributed by atoms with van der Waals surface area (Å²) in [5, 5.41) is 11.4. The second-order valence-corrected chi connectivity index (χ2v) is 3.22. The molecule has 0 spiro atoms. The molecule has 0 aliphatic heterocycles. The van der Waals surface area contributed by atoms with E-state index in [0.29, 0.717) is 5.69 Å². The van der Waals surface area contributed by atoms with Gasteiger partial charge in [0.2, 0.25) is 5.91 Å². The van der Waals surface area contributed by atoms with E-state index in [9.17, 15) is 9.59 Å². The van der Waals surface area contributed by atoms with Crippen molar-refractivity contribution in [2.45, 2.75) is 20.3 Å². The molecule has 2 N–H and O–H groups in total. The first-order valence-electron chi connectivity index (χ1n) is 4.68. The first-order chi connectivity index (χ1) is 7.04. The van der Waals surface area contributed by atoms with Crippen LogP contribution in [0.2, 0.25) is 0 Å². The average Bonchev–Trinajstić information content (AvgIpc) is 2.17. The molecule has 0 atom stereocenters. The van der Waals surface area contributed by atoms with Crippen LogP contribution in [-0.2, 0) is 11.2 Å². The summed E-state index contributed by atoms with van der Waals surface area (Å²) in [6.07, 6.45) is 0.765. The Morgan fingerprint density at radius 2 is 2.07 bits per heavy atom. The standard InChI is InChI=1S/C11H13NO3/c1-3-8-4-5-10(12-7(2)13)9(6-8)11(14)15/h4-6H,3H2,1-2H3,(H,12,13)(H,14,15). The molecule has 1 amide bonds. The van der Waals surface area contributed by atoms with Crippen LogP contribution in [0.25, 0.3) is 0 Å². The van der Waals surface area contributed by atoms with Gasteiger partial charge in [-0.25, -0.2) is 4.79 Å². The summed E-state index contributed by atoms with van der Waals surface area (Å²) in [5.41, 5.74) is 1.40. The highest BCUT2D eigenvalue weighted by Gasteiger charge is 2.11. The van der Waals surface area contributed by atoms with Gasteiger partial charge in [-0.2, -0.15) is 0 Å². The molecule has 0 saturated carbocycles. The highest BCUT2D eigenvalue weighted by molar-refractivity contribution is 5.99. The third-order valence-corrected chi connectivity index (χ3v) is 2.03. The van der Waals surface area contributed by atoms with E-state index >= 15 is 0 Å². The molecule has 1 aromatic carbocycles. The molecule has 0 saturated heterocycles. The first kappa shape index (κ1) is 11.2. The zero-order valence-corrected chi connectivity index (χ0v) is 8.70. The fourth-order valence-corrected chi connectivity index (χ4v) is 1.29. The van der Waals surface area contributed by atoms with Crippen molar-refractivity contribution in [2.75, 3.05) is 5.32 Å². The lowest BCUT2D eigenvalue weighted by Crippen LogP contribution is -2.11. The van der Waals surface area contributed by atoms with Gasteiger partial charge in [0.15, 0.2) is 0 Å². The van der Waals surface area contributed by atoms with Crippen molar-refractivity contribution in [3.05, 3.63) is 29.3 Å². The molecule has 80 valence electrons. The van der Waals surface area contributed by atoms with E-state index in [4.69, 9.17) is 5.11 Å². The minimum absolute atomic E-state index is 0.129. The van der Waals surface area contributed by atoms with Gasteiger partial charge >= 0.3 is 5.97 Å². The Morgan fingerprint density at radius 1 is 1.40 bits per heavy atom. The van der Waals surface area contributed by atoms with Crippen LogP contribution < -0.4 is 5.32 Å². The maximum absolute atomic E-state index is 10.9. The van der Waals surface area contributed by atoms with E-state index in [-0.39, 0.29) is 11.5 Å². The normalized spacial score (nSPS) is 9.73. The summed E-state index contributed by atoms with van der Waals surface area (Å²) < 4.78 is 0. The molecule has 0 heterocycles. The van der Waals surface area contributed by atoms with Gasteiger partial charge in [-0.1, -0.05) is 13.0 Å². The van der Waals surface area contributed by atoms with Gasteiger partial charge < -0.3 is 10.4 Å². The Kier molecular flexibility index (Phi) is 3.44. The van der Waals surface area contributed by atoms with Gasteiger partial charge in [0.1, 0.15) is 0 Å². The molecule has 0 radical (unpaired) electrons. The molecule has 4 nitrogen and oxygen atoms in total. The maximum atomic E-state index is 10.9. The maximum Gasteiger partial charge on any atom is 0.337 e. The van der Waals surface area contributed by atoms with E-state index in [1.807, 2.05) is 6.92 Å². The number of rotatable bonds is 3. The number of carbonyl (C=O) groups is 2. The van der Waals surface area contributed by atoms with E-state index in [1.165, 1.54) is 6.92 Å². The molecule has 0 aliphatic carbocycles. The van der Waals surface area contributed by atoms with Crippen molar-refractivity contribution in [3.8, 4) is 0 Å². The fraction of sp³-hybridized carbons (Fsp3) is 0.273. The fourth-order valence-electron chi connectivity index (χ4n) is 1.29. The van der Waals surface area contributed by atoms with Crippen LogP contribution in [0.3, 0.4) is 0 Å². The summed E-state index contributed by atoms with van der Waals surface area (Å²) >= 11 is 0. The van der Waals surface area contributed by atoms with Gasteiger partial charge in [-0.15, -0.1) is 0 Å². The van der Waals surface area contributed by atoms with Crippen LogP contribution >= 0.6 is 0 Å². The SMILES string of the molecule is CCc1ccc(NC(C)=O)c(C(=O)O)c1. The minimum Gasteiger partial charge on any atom is -0.478 e. The topological polar surface area (TPSA) is 66.4 Å². The van der Waals surface area contributed by atoms with Gasteiger partial charge in [0, 0.05) is 6.92 Å². The monoisotopic (exact) mass is 207 g/mol. The van der Waals surface area contributed by atoms with Crippen LogP contribution in [0.1, 0.15) is 29.8 Å². The van der Waals surface area contributed by atoms with Gasteiger partial charge in [0.25, 0.3) is 0 Å². The van der Waals surface area contributed by atoms with Crippen molar-refractivity contribution < 1.29 is 14.7 Å². The molecule has 0 aromatic heterocycles. The molecular formula is C11H13NO3. The van der Waals surface area contributed by atoms with Crippen LogP contribution in [-0.4, -0.2) is 17.0 Å². The van der Waals surface area contributed by atoms with Crippen molar-refractivity contribution >= 4 is 17.6 Å². The van der Waals surface area contributed by atoms with Crippen LogP contribution in [0, 0.1) is 0 Å². The van der Waals surface area contributed by atoms with Crippen molar-refractivity contribution in [3.63, 3.8) is 0 Å². The highest BCUT2D eigenvalue weighted by Crippen LogP contribution is 2.18. The second-order valence-electron chi connectivity index (χ2n) is 3.22. The third-order valence-electron chi connectivity index (χ3n) is 2.03. The van der Waals surface area contributed by atoms with Gasteiger partial charge in [0.05, 0.1) is 11.3 Å². The van der Waals surface area contributed by atoms with Gasteiger partial charge in [-0.3, -0.25) is 4.79 Å². The minimum atomic E-state index is -1.03. The molecule has 0 bridgehead atoms. The van der Waals surface area contributed by atoms with E-state index in [0.717, 1.165) is 12.0 Å². The lowest BCUT2D eigenvalue weighted by molar-refractivity contribution is -0.114. The number of carboxylic acid groups (broad SMARTS) is 1. The summed E-state index contributed by atoms with van der Waals surface area (Å²) in [6.45, 7) is 3.29. The van der Waals surface area contributed by atoms with E-state index in [2.05, 4.69) is 5.32 Å². The lowest BCUT2D eigenvalue weighted by atomic mass is 10.1. The molecule has 4 heteroatoms. The Labute approximate surface area is 87.9 Å². The molecule has 1 rings (SSSR count). The third kappa shape index (κ3) is 2.80. The van der Waals surface area contributed by atoms with Gasteiger partial charge in [-0.05, 0) is 24.1 Å². The summed E-state index contributed by atoms with van der Waals surface area (Å²) in [4.78, 5) is 21.8. The van der Waals surface area contributed by atoms with E-state index < -0.39 is 5.97 Å². The van der Waals surface area contributed by atoms with Crippen molar-refractivity contribution in [1.29, 1.82) is 0 Å². The first-order valence-corrected chi connectivity index (χ1v) is 4.68. The van der Waals surface area contributed by atoms with Crippen LogP contribution in [0.15, 0.2) is 18.2 Å². The number of carboxylic acids is 1. The zero-order valence-electron chi connectivity index (χ0n) is 8.70. The predicted octanol–water partition coefficient (Wildman–Crippen LogP) is 1.91. The summed E-state index contributed by atoms with van der Waals surface area (Å²) in [6, 6.07) is 5.00. The Morgan fingerprint density at radius 3 is 2.53 bits per heavy atom. The Balaban J connectivity index is 3.15. The van der Waals surface area contributed by atoms with Crippen molar-refractivity contribution in [1.82, 2.24) is 0 Å². The highest BCUT2D eigenvalue weighted by atomic mass is 16.4. The smallest absolute Gasteiger partial charge is 0.337 e. The number of carbonyl (C=O) groups excluding carboxylic acids is 1. The molecular weight excluding hydrogens is 194 g/mol. The number of nitrogens with one attached hydrogen (secondary N) is 1. The number of hydrogen-bond acceptors (Lipinski definition) is 2. The number of aromatic carboxylic acids is 1. The predicted molar refractivity (Wildman–Crippen MR) is 57.1 cm³/mol. The molecule has 1 aromatic rings. The van der Waals surface area contributed by atoms with Crippen molar-refractivity contribution in [2.24, 2.45) is 0 Å².